The highest BCUT2D eigenvalue weighted by Crippen LogP contribution is 2.35. The summed E-state index contributed by atoms with van der Waals surface area (Å²) in [6.45, 7) is 3.53. The van der Waals surface area contributed by atoms with Gasteiger partial charge < -0.3 is 4.98 Å². The monoisotopic (exact) mass is 277 g/mol. The van der Waals surface area contributed by atoms with E-state index in [1.54, 1.807) is 13.0 Å². The van der Waals surface area contributed by atoms with Crippen LogP contribution in [0.5, 0.6) is 0 Å². The first kappa shape index (κ1) is 11.8. The highest BCUT2D eigenvalue weighted by molar-refractivity contribution is 8.14. The van der Waals surface area contributed by atoms with Gasteiger partial charge >= 0.3 is 0 Å². The number of halogens is 2. The summed E-state index contributed by atoms with van der Waals surface area (Å²) in [5.74, 6) is 0. The van der Waals surface area contributed by atoms with Crippen molar-refractivity contribution in [1.82, 2.24) is 4.98 Å². The van der Waals surface area contributed by atoms with Crippen molar-refractivity contribution in [2.24, 2.45) is 0 Å². The number of nitrogens with one attached hydrogen (secondary N) is 1. The molecule has 0 aliphatic carbocycles. The molecule has 1 aromatic carbocycles. The summed E-state index contributed by atoms with van der Waals surface area (Å²) >= 11 is 6.01. The van der Waals surface area contributed by atoms with Gasteiger partial charge in [-0.15, -0.1) is 0 Å². The van der Waals surface area contributed by atoms with Gasteiger partial charge in [0.2, 0.25) is 0 Å². The Labute approximate surface area is 103 Å². The zero-order valence-electron chi connectivity index (χ0n) is 8.64. The fourth-order valence-electron chi connectivity index (χ4n) is 1.80. The van der Waals surface area contributed by atoms with E-state index >= 15 is 0 Å². The van der Waals surface area contributed by atoms with Crippen LogP contribution in [-0.4, -0.2) is 13.4 Å². The molecule has 0 spiro atoms. The molecule has 0 unspecified atom stereocenters. The molecule has 0 saturated carbocycles. The molecule has 0 saturated heterocycles. The van der Waals surface area contributed by atoms with E-state index in [1.807, 2.05) is 13.0 Å². The second-order valence-corrected chi connectivity index (χ2v) is 6.54. The highest BCUT2D eigenvalue weighted by Gasteiger charge is 2.22. The molecule has 16 heavy (non-hydrogen) atoms. The van der Waals surface area contributed by atoms with Crippen molar-refractivity contribution in [3.05, 3.63) is 28.4 Å². The predicted octanol–water partition coefficient (Wildman–Crippen LogP) is 3.37. The van der Waals surface area contributed by atoms with Crippen molar-refractivity contribution in [2.75, 3.05) is 0 Å². The lowest BCUT2D eigenvalue weighted by Gasteiger charge is -2.00. The standard InChI is InChI=1S/C10H9Cl2NO2S/c1-5-3-4-7(11)8-9(5)13-6(2)10(8)16(12,14)15/h3-4,13H,1-2H3. The normalized spacial score (nSPS) is 12.2. The van der Waals surface area contributed by atoms with E-state index in [1.165, 1.54) is 0 Å². The van der Waals surface area contributed by atoms with Crippen LogP contribution in [0.3, 0.4) is 0 Å². The van der Waals surface area contributed by atoms with E-state index < -0.39 is 9.05 Å². The van der Waals surface area contributed by atoms with Crippen LogP contribution in [0.2, 0.25) is 5.02 Å². The number of hydrogen-bond acceptors (Lipinski definition) is 2. The lowest BCUT2D eigenvalue weighted by molar-refractivity contribution is 0.610. The van der Waals surface area contributed by atoms with Gasteiger partial charge in [-0.25, -0.2) is 8.42 Å². The molecular formula is C10H9Cl2NO2S. The number of hydrogen-bond donors (Lipinski definition) is 1. The molecule has 2 rings (SSSR count). The van der Waals surface area contributed by atoms with Crippen molar-refractivity contribution < 1.29 is 8.42 Å². The Bertz CT molecular complexity index is 674. The Kier molecular flexibility index (Phi) is 2.69. The van der Waals surface area contributed by atoms with Crippen LogP contribution in [0.15, 0.2) is 17.0 Å². The first-order valence-corrected chi connectivity index (χ1v) is 7.23. The molecule has 1 heterocycles. The SMILES string of the molecule is Cc1[nH]c2c(C)ccc(Cl)c2c1S(=O)(=O)Cl. The summed E-state index contributed by atoms with van der Waals surface area (Å²) in [7, 11) is 1.60. The summed E-state index contributed by atoms with van der Waals surface area (Å²) in [6, 6.07) is 3.49. The molecular weight excluding hydrogens is 269 g/mol. The Balaban J connectivity index is 3.06. The van der Waals surface area contributed by atoms with Crippen LogP contribution in [0, 0.1) is 13.8 Å². The number of benzene rings is 1. The molecule has 0 radical (unpaired) electrons. The van der Waals surface area contributed by atoms with E-state index in [0.29, 0.717) is 21.6 Å². The quantitative estimate of drug-likeness (QED) is 0.813. The Morgan fingerprint density at radius 3 is 2.44 bits per heavy atom. The maximum Gasteiger partial charge on any atom is 0.263 e. The van der Waals surface area contributed by atoms with Crippen molar-refractivity contribution in [3.8, 4) is 0 Å². The van der Waals surface area contributed by atoms with E-state index in [2.05, 4.69) is 4.98 Å². The van der Waals surface area contributed by atoms with Gasteiger partial charge in [-0.05, 0) is 25.5 Å². The van der Waals surface area contributed by atoms with Crippen LogP contribution in [0.4, 0.5) is 0 Å². The molecule has 3 nitrogen and oxygen atoms in total. The Hall–Kier alpha value is -0.710. The average Bonchev–Trinajstić information content (AvgIpc) is 2.49. The fourth-order valence-corrected chi connectivity index (χ4v) is 3.56. The number of H-pyrrole nitrogens is 1. The first-order chi connectivity index (χ1) is 7.32. The zero-order valence-corrected chi connectivity index (χ0v) is 11.0. The number of aromatic nitrogens is 1. The summed E-state index contributed by atoms with van der Waals surface area (Å²) < 4.78 is 23.0. The Morgan fingerprint density at radius 2 is 1.88 bits per heavy atom. The minimum atomic E-state index is -3.80. The summed E-state index contributed by atoms with van der Waals surface area (Å²) in [5, 5.41) is 0.846. The van der Waals surface area contributed by atoms with E-state index in [9.17, 15) is 8.42 Å². The van der Waals surface area contributed by atoms with Gasteiger partial charge in [0.1, 0.15) is 4.90 Å². The van der Waals surface area contributed by atoms with Gasteiger partial charge in [-0.3, -0.25) is 0 Å². The van der Waals surface area contributed by atoms with Crippen LogP contribution in [0.25, 0.3) is 10.9 Å². The van der Waals surface area contributed by atoms with Gasteiger partial charge in [0.25, 0.3) is 9.05 Å². The van der Waals surface area contributed by atoms with E-state index in [0.717, 1.165) is 5.56 Å². The summed E-state index contributed by atoms with van der Waals surface area (Å²) in [6.07, 6.45) is 0. The summed E-state index contributed by atoms with van der Waals surface area (Å²) in [4.78, 5) is 3.06. The molecule has 1 N–H and O–H groups in total. The Morgan fingerprint density at radius 1 is 1.25 bits per heavy atom. The van der Waals surface area contributed by atoms with Crippen LogP contribution >= 0.6 is 22.3 Å². The van der Waals surface area contributed by atoms with E-state index in [-0.39, 0.29) is 4.90 Å². The van der Waals surface area contributed by atoms with Gasteiger partial charge in [0.15, 0.2) is 0 Å². The van der Waals surface area contributed by atoms with Gasteiger partial charge in [-0.2, -0.15) is 0 Å². The molecule has 0 bridgehead atoms. The van der Waals surface area contributed by atoms with Crippen molar-refractivity contribution >= 4 is 42.2 Å². The molecule has 6 heteroatoms. The van der Waals surface area contributed by atoms with Crippen LogP contribution in [0.1, 0.15) is 11.3 Å². The number of aromatic amines is 1. The van der Waals surface area contributed by atoms with Gasteiger partial charge in [-0.1, -0.05) is 17.7 Å². The van der Waals surface area contributed by atoms with Crippen molar-refractivity contribution in [3.63, 3.8) is 0 Å². The third-order valence-corrected chi connectivity index (χ3v) is 4.26. The fraction of sp³-hybridized carbons (Fsp3) is 0.200. The number of rotatable bonds is 1. The van der Waals surface area contributed by atoms with Crippen LogP contribution in [-0.2, 0) is 9.05 Å². The molecule has 0 aliphatic heterocycles. The number of fused-ring (bicyclic) bond motifs is 1. The van der Waals surface area contributed by atoms with Crippen molar-refractivity contribution in [1.29, 1.82) is 0 Å². The molecule has 0 amide bonds. The lowest BCUT2D eigenvalue weighted by atomic mass is 10.2. The average molecular weight is 278 g/mol. The minimum absolute atomic E-state index is 0.0675. The van der Waals surface area contributed by atoms with Gasteiger partial charge in [0.05, 0.1) is 10.5 Å². The van der Waals surface area contributed by atoms with Crippen LogP contribution < -0.4 is 0 Å². The second kappa shape index (κ2) is 3.65. The second-order valence-electron chi connectivity index (χ2n) is 3.63. The maximum atomic E-state index is 11.5. The molecule has 0 aliphatic rings. The predicted molar refractivity (Wildman–Crippen MR) is 65.8 cm³/mol. The molecule has 0 atom stereocenters. The van der Waals surface area contributed by atoms with Gasteiger partial charge in [0, 0.05) is 21.8 Å². The van der Waals surface area contributed by atoms with E-state index in [4.69, 9.17) is 22.3 Å². The van der Waals surface area contributed by atoms with Crippen molar-refractivity contribution in [2.45, 2.75) is 18.7 Å². The summed E-state index contributed by atoms with van der Waals surface area (Å²) in [5.41, 5.74) is 2.14. The maximum absolute atomic E-state index is 11.5. The topological polar surface area (TPSA) is 49.9 Å². The largest absolute Gasteiger partial charge is 0.357 e. The lowest BCUT2D eigenvalue weighted by Crippen LogP contribution is -1.92. The molecule has 1 aromatic heterocycles. The first-order valence-electron chi connectivity index (χ1n) is 4.54. The molecule has 0 fully saturated rings. The zero-order chi connectivity index (χ0) is 12.1. The highest BCUT2D eigenvalue weighted by atomic mass is 35.7. The third-order valence-electron chi connectivity index (χ3n) is 2.49. The smallest absolute Gasteiger partial charge is 0.263 e. The minimum Gasteiger partial charge on any atom is -0.357 e. The molecule has 86 valence electrons. The third kappa shape index (κ3) is 1.71. The number of aryl methyl sites for hydroxylation is 2. The molecule has 2 aromatic rings.